The summed E-state index contributed by atoms with van der Waals surface area (Å²) in [6.07, 6.45) is 7.08. The van der Waals surface area contributed by atoms with E-state index in [0.29, 0.717) is 6.04 Å². The molecule has 0 aromatic carbocycles. The van der Waals surface area contributed by atoms with Crippen molar-refractivity contribution in [2.24, 2.45) is 0 Å². The van der Waals surface area contributed by atoms with Gasteiger partial charge in [-0.1, -0.05) is 26.0 Å². The Balaban J connectivity index is 1.69. The predicted octanol–water partition coefficient (Wildman–Crippen LogP) is 2.66. The fourth-order valence-electron chi connectivity index (χ4n) is 2.60. The molecule has 21 heavy (non-hydrogen) atoms. The van der Waals surface area contributed by atoms with E-state index in [1.807, 2.05) is 10.9 Å². The van der Waals surface area contributed by atoms with Gasteiger partial charge >= 0.3 is 0 Å². The van der Waals surface area contributed by atoms with Gasteiger partial charge in [0.05, 0.1) is 12.2 Å². The number of rotatable bonds is 2. The van der Waals surface area contributed by atoms with Crippen molar-refractivity contribution in [2.75, 3.05) is 18.0 Å². The van der Waals surface area contributed by atoms with Crippen LogP contribution in [0.25, 0.3) is 0 Å². The van der Waals surface area contributed by atoms with E-state index in [1.54, 1.807) is 6.20 Å². The first-order valence-electron chi connectivity index (χ1n) is 7.49. The maximum atomic E-state index is 4.73. The quantitative estimate of drug-likeness (QED) is 0.853. The topological polar surface area (TPSA) is 59.7 Å². The lowest BCUT2D eigenvalue weighted by atomic mass is 9.96. The zero-order chi connectivity index (χ0) is 14.9. The molecule has 1 atom stereocenters. The standard InChI is InChI=1S/C14H22N6S/c1-14(2,3)12-16-13(21-17-12)19-8-4-5-11(6-9-19)20-10-7-15-18-20/h7,10-11H,4-6,8-9H2,1-3H3. The molecule has 114 valence electrons. The summed E-state index contributed by atoms with van der Waals surface area (Å²) in [6.45, 7) is 8.51. The van der Waals surface area contributed by atoms with Gasteiger partial charge in [-0.15, -0.1) is 5.10 Å². The van der Waals surface area contributed by atoms with Gasteiger partial charge in [-0.05, 0) is 19.3 Å². The van der Waals surface area contributed by atoms with Crippen molar-refractivity contribution >= 4 is 16.7 Å². The zero-order valence-corrected chi connectivity index (χ0v) is 13.7. The van der Waals surface area contributed by atoms with Crippen LogP contribution in [0.2, 0.25) is 0 Å². The molecule has 0 radical (unpaired) electrons. The zero-order valence-electron chi connectivity index (χ0n) is 12.9. The fourth-order valence-corrected chi connectivity index (χ4v) is 3.50. The molecule has 6 nitrogen and oxygen atoms in total. The van der Waals surface area contributed by atoms with Gasteiger partial charge in [0.25, 0.3) is 0 Å². The average molecular weight is 306 g/mol. The Bertz CT molecular complexity index is 571. The van der Waals surface area contributed by atoms with Gasteiger partial charge in [0.1, 0.15) is 5.82 Å². The highest BCUT2D eigenvalue weighted by Crippen LogP contribution is 2.29. The number of nitrogens with zero attached hydrogens (tertiary/aromatic N) is 6. The Hall–Kier alpha value is -1.50. The van der Waals surface area contributed by atoms with Crippen LogP contribution >= 0.6 is 11.5 Å². The molecule has 2 aromatic rings. The summed E-state index contributed by atoms with van der Waals surface area (Å²) in [5.41, 5.74) is 0.0177. The predicted molar refractivity (Wildman–Crippen MR) is 83.7 cm³/mol. The third kappa shape index (κ3) is 3.23. The molecule has 0 spiro atoms. The van der Waals surface area contributed by atoms with Crippen molar-refractivity contribution in [2.45, 2.75) is 51.5 Å². The normalized spacial score (nSPS) is 20.5. The Morgan fingerprint density at radius 1 is 1.24 bits per heavy atom. The van der Waals surface area contributed by atoms with E-state index in [9.17, 15) is 0 Å². The Labute approximate surface area is 129 Å². The number of anilines is 1. The summed E-state index contributed by atoms with van der Waals surface area (Å²) in [5, 5.41) is 9.11. The van der Waals surface area contributed by atoms with Crippen LogP contribution < -0.4 is 4.90 Å². The van der Waals surface area contributed by atoms with E-state index in [1.165, 1.54) is 11.5 Å². The number of hydrogen-bond donors (Lipinski definition) is 0. The van der Waals surface area contributed by atoms with Gasteiger partial charge in [0.15, 0.2) is 0 Å². The highest BCUT2D eigenvalue weighted by atomic mass is 32.1. The molecular weight excluding hydrogens is 284 g/mol. The van der Waals surface area contributed by atoms with Gasteiger partial charge in [-0.2, -0.15) is 4.37 Å². The minimum Gasteiger partial charge on any atom is -0.347 e. The first-order chi connectivity index (χ1) is 10.0. The second-order valence-electron chi connectivity index (χ2n) is 6.61. The summed E-state index contributed by atoms with van der Waals surface area (Å²) in [6, 6.07) is 0.451. The number of hydrogen-bond acceptors (Lipinski definition) is 6. The lowest BCUT2D eigenvalue weighted by Crippen LogP contribution is -2.24. The van der Waals surface area contributed by atoms with Crippen molar-refractivity contribution in [3.8, 4) is 0 Å². The first-order valence-corrected chi connectivity index (χ1v) is 8.26. The second-order valence-corrected chi connectivity index (χ2v) is 7.34. The minimum absolute atomic E-state index is 0.0177. The molecule has 1 fully saturated rings. The molecule has 2 aromatic heterocycles. The largest absolute Gasteiger partial charge is 0.347 e. The van der Waals surface area contributed by atoms with Crippen LogP contribution in [0.4, 0.5) is 5.13 Å². The second kappa shape index (κ2) is 5.71. The summed E-state index contributed by atoms with van der Waals surface area (Å²) >= 11 is 1.52. The SMILES string of the molecule is CC(C)(C)c1nsc(N2CCCC(n3ccnn3)CC2)n1. The van der Waals surface area contributed by atoms with E-state index in [4.69, 9.17) is 4.98 Å². The molecule has 3 rings (SSSR count). The monoisotopic (exact) mass is 306 g/mol. The van der Waals surface area contributed by atoms with Gasteiger partial charge in [-0.3, -0.25) is 0 Å². The maximum Gasteiger partial charge on any atom is 0.205 e. The highest BCUT2D eigenvalue weighted by molar-refractivity contribution is 7.09. The van der Waals surface area contributed by atoms with Crippen molar-refractivity contribution in [1.82, 2.24) is 24.4 Å². The number of aromatic nitrogens is 5. The molecular formula is C14H22N6S. The van der Waals surface area contributed by atoms with Crippen molar-refractivity contribution < 1.29 is 0 Å². The molecule has 0 amide bonds. The fraction of sp³-hybridized carbons (Fsp3) is 0.714. The van der Waals surface area contributed by atoms with Crippen LogP contribution in [0.5, 0.6) is 0 Å². The van der Waals surface area contributed by atoms with E-state index in [0.717, 1.165) is 43.3 Å². The maximum absolute atomic E-state index is 4.73. The molecule has 0 saturated carbocycles. The van der Waals surface area contributed by atoms with Crippen LogP contribution in [0.3, 0.4) is 0 Å². The summed E-state index contributed by atoms with van der Waals surface area (Å²) in [5.74, 6) is 0.944. The molecule has 1 unspecified atom stereocenters. The van der Waals surface area contributed by atoms with Crippen LogP contribution in [0, 0.1) is 0 Å². The smallest absolute Gasteiger partial charge is 0.205 e. The van der Waals surface area contributed by atoms with Gasteiger partial charge in [-0.25, -0.2) is 9.67 Å². The van der Waals surface area contributed by atoms with Crippen molar-refractivity contribution in [3.63, 3.8) is 0 Å². The van der Waals surface area contributed by atoms with Gasteiger partial charge in [0.2, 0.25) is 5.13 Å². The van der Waals surface area contributed by atoms with E-state index < -0.39 is 0 Å². The van der Waals surface area contributed by atoms with Crippen molar-refractivity contribution in [3.05, 3.63) is 18.2 Å². The summed E-state index contributed by atoms with van der Waals surface area (Å²) in [7, 11) is 0. The van der Waals surface area contributed by atoms with Gasteiger partial charge in [0, 0.05) is 36.2 Å². The molecule has 0 bridgehead atoms. The molecule has 1 aliphatic rings. The average Bonchev–Trinajstić information content (AvgIpc) is 3.06. The van der Waals surface area contributed by atoms with E-state index in [2.05, 4.69) is 40.4 Å². The van der Waals surface area contributed by atoms with Crippen LogP contribution in [-0.2, 0) is 5.41 Å². The highest BCUT2D eigenvalue weighted by Gasteiger charge is 2.24. The van der Waals surface area contributed by atoms with Crippen LogP contribution in [0.1, 0.15) is 51.9 Å². The molecule has 0 N–H and O–H groups in total. The first kappa shape index (κ1) is 14.4. The minimum atomic E-state index is 0.0177. The third-order valence-corrected chi connectivity index (χ3v) is 4.65. The molecule has 1 saturated heterocycles. The molecule has 0 aliphatic carbocycles. The molecule has 1 aliphatic heterocycles. The van der Waals surface area contributed by atoms with E-state index >= 15 is 0 Å². The Kier molecular flexibility index (Phi) is 3.93. The summed E-state index contributed by atoms with van der Waals surface area (Å²) in [4.78, 5) is 7.10. The summed E-state index contributed by atoms with van der Waals surface area (Å²) < 4.78 is 6.51. The van der Waals surface area contributed by atoms with Crippen molar-refractivity contribution in [1.29, 1.82) is 0 Å². The van der Waals surface area contributed by atoms with Gasteiger partial charge < -0.3 is 4.90 Å². The Morgan fingerprint density at radius 3 is 2.76 bits per heavy atom. The molecule has 7 heteroatoms. The molecule has 3 heterocycles. The lowest BCUT2D eigenvalue weighted by molar-refractivity contribution is 0.406. The van der Waals surface area contributed by atoms with Crippen LogP contribution in [-0.4, -0.2) is 37.4 Å². The lowest BCUT2D eigenvalue weighted by Gasteiger charge is -2.19. The third-order valence-electron chi connectivity index (χ3n) is 3.87. The van der Waals surface area contributed by atoms with Crippen LogP contribution in [0.15, 0.2) is 12.4 Å². The Morgan fingerprint density at radius 2 is 2.10 bits per heavy atom. The van der Waals surface area contributed by atoms with E-state index in [-0.39, 0.29) is 5.41 Å².